The molecule has 0 saturated carbocycles. The summed E-state index contributed by atoms with van der Waals surface area (Å²) in [6.45, 7) is 2.03. The molecular formula is C15H18N2O4S2. The number of anilines is 1. The third-order valence-corrected chi connectivity index (χ3v) is 5.58. The Kier molecular flexibility index (Phi) is 5.06. The van der Waals surface area contributed by atoms with E-state index in [1.807, 2.05) is 30.3 Å². The molecule has 124 valence electrons. The topological polar surface area (TPSA) is 80.5 Å². The van der Waals surface area contributed by atoms with E-state index in [9.17, 15) is 18.5 Å². The molecule has 1 aromatic heterocycles. The van der Waals surface area contributed by atoms with Crippen LogP contribution in [0.4, 0.5) is 11.4 Å². The van der Waals surface area contributed by atoms with Crippen LogP contribution in [0.25, 0.3) is 0 Å². The maximum absolute atomic E-state index is 11.8. The van der Waals surface area contributed by atoms with Crippen molar-refractivity contribution in [2.24, 2.45) is 0 Å². The highest BCUT2D eigenvalue weighted by Gasteiger charge is 2.24. The summed E-state index contributed by atoms with van der Waals surface area (Å²) >= 11 is 1.63. The molecule has 8 heteroatoms. The zero-order chi connectivity index (χ0) is 17.2. The van der Waals surface area contributed by atoms with Crippen molar-refractivity contribution in [3.05, 3.63) is 50.7 Å². The van der Waals surface area contributed by atoms with Crippen LogP contribution < -0.4 is 4.90 Å². The van der Waals surface area contributed by atoms with Gasteiger partial charge in [0.05, 0.1) is 4.92 Å². The molecule has 0 aliphatic rings. The summed E-state index contributed by atoms with van der Waals surface area (Å²) in [6, 6.07) is 6.37. The molecule has 0 spiro atoms. The largest absolute Gasteiger partial charge is 0.372 e. The zero-order valence-electron chi connectivity index (χ0n) is 13.1. The van der Waals surface area contributed by atoms with Gasteiger partial charge in [0.1, 0.15) is 4.90 Å². The molecule has 0 N–H and O–H groups in total. The molecule has 0 aliphatic carbocycles. The van der Waals surface area contributed by atoms with Crippen LogP contribution in [0.2, 0.25) is 0 Å². The molecule has 0 aliphatic heterocycles. The van der Waals surface area contributed by atoms with Crippen LogP contribution in [0.15, 0.2) is 39.9 Å². The van der Waals surface area contributed by atoms with Crippen molar-refractivity contribution < 1.29 is 13.3 Å². The first kappa shape index (κ1) is 17.4. The van der Waals surface area contributed by atoms with E-state index in [2.05, 4.69) is 5.38 Å². The fourth-order valence-corrected chi connectivity index (χ4v) is 3.85. The lowest BCUT2D eigenvalue weighted by Crippen LogP contribution is -2.30. The van der Waals surface area contributed by atoms with Gasteiger partial charge in [-0.3, -0.25) is 10.1 Å². The molecule has 1 aromatic carbocycles. The van der Waals surface area contributed by atoms with E-state index in [1.165, 1.54) is 17.7 Å². The van der Waals surface area contributed by atoms with Crippen molar-refractivity contribution in [1.82, 2.24) is 0 Å². The van der Waals surface area contributed by atoms with Gasteiger partial charge in [-0.2, -0.15) is 11.3 Å². The molecule has 2 rings (SSSR count). The summed E-state index contributed by atoms with van der Waals surface area (Å²) in [6.07, 6.45) is 1.79. The maximum atomic E-state index is 11.8. The number of benzene rings is 1. The van der Waals surface area contributed by atoms with E-state index < -0.39 is 20.4 Å². The predicted octanol–water partition coefficient (Wildman–Crippen LogP) is 3.13. The fraction of sp³-hybridized carbons (Fsp3) is 0.333. The van der Waals surface area contributed by atoms with E-state index in [4.69, 9.17) is 0 Å². The van der Waals surface area contributed by atoms with E-state index in [1.54, 1.807) is 17.4 Å². The molecule has 0 fully saturated rings. The first-order chi connectivity index (χ1) is 10.7. The van der Waals surface area contributed by atoms with Crippen LogP contribution in [0.3, 0.4) is 0 Å². The van der Waals surface area contributed by atoms with Crippen molar-refractivity contribution in [2.45, 2.75) is 24.3 Å². The summed E-state index contributed by atoms with van der Waals surface area (Å²) in [4.78, 5) is 12.0. The number of hydrogen-bond acceptors (Lipinski definition) is 6. The minimum absolute atomic E-state index is 0.124. The standard InChI is InChI=1S/C15H18N2O4S2/c1-11(8-12-6-7-22-10-12)16(2)13-4-5-14(17(18)19)15(9-13)23(3,20)21/h4-7,9-11H,8H2,1-3H3. The minimum atomic E-state index is -3.68. The lowest BCUT2D eigenvalue weighted by atomic mass is 10.1. The zero-order valence-corrected chi connectivity index (χ0v) is 14.7. The Morgan fingerprint density at radius 2 is 2.04 bits per heavy atom. The molecule has 0 radical (unpaired) electrons. The molecule has 1 atom stereocenters. The Morgan fingerprint density at radius 1 is 1.35 bits per heavy atom. The number of nitro groups is 1. The Hall–Kier alpha value is -1.93. The van der Waals surface area contributed by atoms with Gasteiger partial charge in [-0.05, 0) is 47.9 Å². The van der Waals surface area contributed by atoms with Gasteiger partial charge < -0.3 is 4.90 Å². The fourth-order valence-electron chi connectivity index (χ4n) is 2.31. The molecule has 1 heterocycles. The van der Waals surface area contributed by atoms with Gasteiger partial charge in [-0.1, -0.05) is 0 Å². The second kappa shape index (κ2) is 6.67. The van der Waals surface area contributed by atoms with Crippen LogP contribution in [0.1, 0.15) is 12.5 Å². The van der Waals surface area contributed by atoms with Crippen LogP contribution in [0.5, 0.6) is 0 Å². The third-order valence-electron chi connectivity index (χ3n) is 3.72. The van der Waals surface area contributed by atoms with Gasteiger partial charge in [0.25, 0.3) is 5.69 Å². The van der Waals surface area contributed by atoms with Gasteiger partial charge in [0.15, 0.2) is 9.84 Å². The summed E-state index contributed by atoms with van der Waals surface area (Å²) < 4.78 is 23.7. The summed E-state index contributed by atoms with van der Waals surface area (Å²) in [5, 5.41) is 15.1. The highest BCUT2D eigenvalue weighted by atomic mass is 32.2. The normalized spacial score (nSPS) is 12.8. The van der Waals surface area contributed by atoms with E-state index in [-0.39, 0.29) is 10.9 Å². The number of rotatable bonds is 6. The van der Waals surface area contributed by atoms with Gasteiger partial charge in [0.2, 0.25) is 0 Å². The van der Waals surface area contributed by atoms with Gasteiger partial charge in [0, 0.05) is 31.1 Å². The lowest BCUT2D eigenvalue weighted by molar-refractivity contribution is -0.387. The first-order valence-electron chi connectivity index (χ1n) is 6.92. The van der Waals surface area contributed by atoms with Crippen LogP contribution >= 0.6 is 11.3 Å². The predicted molar refractivity (Wildman–Crippen MR) is 92.1 cm³/mol. The Morgan fingerprint density at radius 3 is 2.57 bits per heavy atom. The molecule has 0 saturated heterocycles. The van der Waals surface area contributed by atoms with Gasteiger partial charge in [-0.25, -0.2) is 8.42 Å². The summed E-state index contributed by atoms with van der Waals surface area (Å²) in [7, 11) is -1.83. The Labute approximate surface area is 139 Å². The molecule has 1 unspecified atom stereocenters. The highest BCUT2D eigenvalue weighted by molar-refractivity contribution is 7.90. The van der Waals surface area contributed by atoms with Crippen LogP contribution in [0, 0.1) is 10.1 Å². The molecular weight excluding hydrogens is 336 g/mol. The number of hydrogen-bond donors (Lipinski definition) is 0. The van der Waals surface area contributed by atoms with Crippen LogP contribution in [-0.4, -0.2) is 32.7 Å². The summed E-state index contributed by atoms with van der Waals surface area (Å²) in [5.41, 5.74) is 1.45. The second-order valence-corrected chi connectivity index (χ2v) is 8.24. The third kappa shape index (κ3) is 4.08. The van der Waals surface area contributed by atoms with Crippen molar-refractivity contribution in [3.8, 4) is 0 Å². The first-order valence-corrected chi connectivity index (χ1v) is 9.76. The van der Waals surface area contributed by atoms with Gasteiger partial charge >= 0.3 is 0 Å². The average molecular weight is 354 g/mol. The molecule has 23 heavy (non-hydrogen) atoms. The highest BCUT2D eigenvalue weighted by Crippen LogP contribution is 2.29. The quantitative estimate of drug-likeness (QED) is 0.588. The second-order valence-electron chi connectivity index (χ2n) is 5.48. The van der Waals surface area contributed by atoms with Crippen molar-refractivity contribution in [1.29, 1.82) is 0 Å². The Balaban J connectivity index is 2.34. The van der Waals surface area contributed by atoms with Gasteiger partial charge in [-0.15, -0.1) is 0 Å². The number of nitrogens with zero attached hydrogens (tertiary/aromatic N) is 2. The lowest BCUT2D eigenvalue weighted by Gasteiger charge is -2.27. The number of thiophene rings is 1. The molecule has 0 amide bonds. The summed E-state index contributed by atoms with van der Waals surface area (Å²) in [5.74, 6) is 0. The maximum Gasteiger partial charge on any atom is 0.288 e. The number of likely N-dealkylation sites (N-methyl/N-ethyl adjacent to an activating group) is 1. The Bertz CT molecular complexity index is 801. The van der Waals surface area contributed by atoms with Crippen molar-refractivity contribution >= 4 is 32.5 Å². The van der Waals surface area contributed by atoms with E-state index >= 15 is 0 Å². The van der Waals surface area contributed by atoms with Crippen molar-refractivity contribution in [3.63, 3.8) is 0 Å². The number of nitro benzene ring substituents is 1. The number of sulfone groups is 1. The molecule has 2 aromatic rings. The molecule has 0 bridgehead atoms. The van der Waals surface area contributed by atoms with E-state index in [0.29, 0.717) is 5.69 Å². The van der Waals surface area contributed by atoms with E-state index in [0.717, 1.165) is 12.7 Å². The average Bonchev–Trinajstić information content (AvgIpc) is 2.97. The van der Waals surface area contributed by atoms with Crippen molar-refractivity contribution in [2.75, 3.05) is 18.2 Å². The monoisotopic (exact) mass is 354 g/mol. The smallest absolute Gasteiger partial charge is 0.288 e. The SMILES string of the molecule is CC(Cc1ccsc1)N(C)c1ccc([N+](=O)[O-])c(S(C)(=O)=O)c1. The minimum Gasteiger partial charge on any atom is -0.372 e. The van der Waals surface area contributed by atoms with Crippen LogP contribution in [-0.2, 0) is 16.3 Å². The molecule has 6 nitrogen and oxygen atoms in total.